The number of nitrogens with two attached hydrogens (primary N) is 1. The largest absolute Gasteiger partial charge is 0.493 e. The summed E-state index contributed by atoms with van der Waals surface area (Å²) >= 11 is 5.73. The van der Waals surface area contributed by atoms with Gasteiger partial charge in [-0.05, 0) is 41.4 Å². The summed E-state index contributed by atoms with van der Waals surface area (Å²) in [6, 6.07) is 8.51. The minimum atomic E-state index is -0.391. The molecular formula is C13H14ClNO3. The van der Waals surface area contributed by atoms with Crippen molar-refractivity contribution in [3.05, 3.63) is 46.9 Å². The minimum absolute atomic E-state index is 0.320. The molecule has 1 unspecified atom stereocenters. The van der Waals surface area contributed by atoms with E-state index in [0.717, 1.165) is 5.56 Å². The van der Waals surface area contributed by atoms with E-state index in [9.17, 15) is 0 Å². The van der Waals surface area contributed by atoms with Gasteiger partial charge in [0.25, 0.3) is 0 Å². The number of furan rings is 1. The third kappa shape index (κ3) is 2.44. The highest BCUT2D eigenvalue weighted by atomic mass is 35.5. The third-order valence-corrected chi connectivity index (χ3v) is 2.87. The first-order valence-corrected chi connectivity index (χ1v) is 5.76. The molecule has 2 aromatic rings. The topological polar surface area (TPSA) is 57.6 Å². The molecule has 2 rings (SSSR count). The molecule has 0 fully saturated rings. The number of benzene rings is 1. The van der Waals surface area contributed by atoms with Gasteiger partial charge in [-0.2, -0.15) is 0 Å². The van der Waals surface area contributed by atoms with Crippen molar-refractivity contribution in [3.8, 4) is 11.5 Å². The molecule has 4 nitrogen and oxygen atoms in total. The van der Waals surface area contributed by atoms with Gasteiger partial charge in [0, 0.05) is 0 Å². The van der Waals surface area contributed by atoms with Crippen LogP contribution in [0.1, 0.15) is 17.4 Å². The smallest absolute Gasteiger partial charge is 0.193 e. The number of rotatable bonds is 4. The van der Waals surface area contributed by atoms with Crippen molar-refractivity contribution in [1.29, 1.82) is 0 Å². The zero-order chi connectivity index (χ0) is 13.1. The van der Waals surface area contributed by atoms with Gasteiger partial charge in [-0.15, -0.1) is 0 Å². The summed E-state index contributed by atoms with van der Waals surface area (Å²) in [5.41, 5.74) is 6.96. The monoisotopic (exact) mass is 267 g/mol. The number of hydrogen-bond acceptors (Lipinski definition) is 4. The average molecular weight is 268 g/mol. The lowest BCUT2D eigenvalue weighted by molar-refractivity contribution is 0.354. The van der Waals surface area contributed by atoms with Gasteiger partial charge >= 0.3 is 0 Å². The Hall–Kier alpha value is -1.65. The van der Waals surface area contributed by atoms with E-state index in [4.69, 9.17) is 31.2 Å². The maximum Gasteiger partial charge on any atom is 0.193 e. The van der Waals surface area contributed by atoms with Crippen LogP contribution in [0.4, 0.5) is 0 Å². The van der Waals surface area contributed by atoms with Crippen LogP contribution in [0, 0.1) is 0 Å². The number of ether oxygens (including phenoxy) is 2. The number of hydrogen-bond donors (Lipinski definition) is 1. The zero-order valence-electron chi connectivity index (χ0n) is 10.1. The molecule has 1 heterocycles. The summed E-state index contributed by atoms with van der Waals surface area (Å²) in [4.78, 5) is 0. The zero-order valence-corrected chi connectivity index (χ0v) is 10.9. The third-order valence-electron chi connectivity index (χ3n) is 2.67. The van der Waals surface area contributed by atoms with Crippen LogP contribution < -0.4 is 15.2 Å². The normalized spacial score (nSPS) is 12.2. The van der Waals surface area contributed by atoms with Gasteiger partial charge < -0.3 is 19.6 Å². The van der Waals surface area contributed by atoms with Crippen molar-refractivity contribution in [2.75, 3.05) is 14.2 Å². The molecule has 1 aromatic heterocycles. The molecule has 96 valence electrons. The van der Waals surface area contributed by atoms with Gasteiger partial charge in [0.15, 0.2) is 16.7 Å². The average Bonchev–Trinajstić information content (AvgIpc) is 2.83. The summed E-state index contributed by atoms with van der Waals surface area (Å²) < 4.78 is 15.7. The van der Waals surface area contributed by atoms with E-state index >= 15 is 0 Å². The lowest BCUT2D eigenvalue weighted by Gasteiger charge is -2.13. The first kappa shape index (κ1) is 12.8. The Morgan fingerprint density at radius 2 is 1.83 bits per heavy atom. The van der Waals surface area contributed by atoms with Crippen molar-refractivity contribution in [3.63, 3.8) is 0 Å². The van der Waals surface area contributed by atoms with Crippen LogP contribution in [0.3, 0.4) is 0 Å². The molecule has 0 spiro atoms. The minimum Gasteiger partial charge on any atom is -0.493 e. The van der Waals surface area contributed by atoms with Gasteiger partial charge in [0.05, 0.1) is 20.3 Å². The second kappa shape index (κ2) is 5.33. The molecule has 1 atom stereocenters. The Labute approximate surface area is 110 Å². The number of methoxy groups -OCH3 is 2. The summed E-state index contributed by atoms with van der Waals surface area (Å²) in [6.07, 6.45) is 0. The summed E-state index contributed by atoms with van der Waals surface area (Å²) in [5, 5.41) is 0.320. The molecule has 1 aromatic carbocycles. The highest BCUT2D eigenvalue weighted by molar-refractivity contribution is 6.28. The maximum atomic E-state index is 6.10. The molecule has 5 heteroatoms. The van der Waals surface area contributed by atoms with Gasteiger partial charge in [-0.25, -0.2) is 0 Å². The van der Waals surface area contributed by atoms with Crippen molar-refractivity contribution >= 4 is 11.6 Å². The van der Waals surface area contributed by atoms with Gasteiger partial charge in [0.2, 0.25) is 0 Å². The van der Waals surface area contributed by atoms with E-state index in [-0.39, 0.29) is 0 Å². The van der Waals surface area contributed by atoms with Crippen molar-refractivity contribution in [2.45, 2.75) is 6.04 Å². The van der Waals surface area contributed by atoms with Crippen molar-refractivity contribution in [1.82, 2.24) is 0 Å². The Morgan fingerprint density at radius 1 is 1.11 bits per heavy atom. The van der Waals surface area contributed by atoms with E-state index in [1.54, 1.807) is 32.4 Å². The van der Waals surface area contributed by atoms with Crippen LogP contribution in [0.2, 0.25) is 5.22 Å². The molecule has 2 N–H and O–H groups in total. The van der Waals surface area contributed by atoms with Crippen LogP contribution in [-0.2, 0) is 0 Å². The molecule has 0 amide bonds. The molecule has 0 radical (unpaired) electrons. The Bertz CT molecular complexity index is 539. The fourth-order valence-corrected chi connectivity index (χ4v) is 1.86. The fourth-order valence-electron chi connectivity index (χ4n) is 1.71. The summed E-state index contributed by atoms with van der Waals surface area (Å²) in [5.74, 6) is 1.89. The molecule has 0 aliphatic rings. The van der Waals surface area contributed by atoms with Gasteiger partial charge in [-0.3, -0.25) is 0 Å². The predicted octanol–water partition coefficient (Wildman–Crippen LogP) is 3.00. The summed E-state index contributed by atoms with van der Waals surface area (Å²) in [7, 11) is 3.17. The van der Waals surface area contributed by atoms with E-state index < -0.39 is 6.04 Å². The fraction of sp³-hybridized carbons (Fsp3) is 0.231. The molecule has 0 aliphatic heterocycles. The van der Waals surface area contributed by atoms with E-state index in [1.807, 2.05) is 12.1 Å². The lowest BCUT2D eigenvalue weighted by Crippen LogP contribution is -2.11. The van der Waals surface area contributed by atoms with Gasteiger partial charge in [-0.1, -0.05) is 6.07 Å². The van der Waals surface area contributed by atoms with Crippen molar-refractivity contribution < 1.29 is 13.9 Å². The van der Waals surface area contributed by atoms with E-state index in [2.05, 4.69) is 0 Å². The van der Waals surface area contributed by atoms with Crippen LogP contribution >= 0.6 is 11.6 Å². The molecular weight excluding hydrogens is 254 g/mol. The quantitative estimate of drug-likeness (QED) is 0.925. The molecule has 0 aliphatic carbocycles. The Balaban J connectivity index is 2.33. The van der Waals surface area contributed by atoms with E-state index in [1.165, 1.54) is 0 Å². The second-order valence-electron chi connectivity index (χ2n) is 3.73. The highest BCUT2D eigenvalue weighted by Crippen LogP contribution is 2.32. The van der Waals surface area contributed by atoms with Crippen molar-refractivity contribution in [2.24, 2.45) is 5.73 Å². The number of halogens is 1. The van der Waals surface area contributed by atoms with Crippen LogP contribution in [0.25, 0.3) is 0 Å². The molecule has 0 saturated carbocycles. The second-order valence-corrected chi connectivity index (χ2v) is 4.11. The molecule has 0 saturated heterocycles. The van der Waals surface area contributed by atoms with Crippen LogP contribution in [0.15, 0.2) is 34.7 Å². The van der Waals surface area contributed by atoms with Crippen LogP contribution in [0.5, 0.6) is 11.5 Å². The Kier molecular flexibility index (Phi) is 3.79. The first-order valence-electron chi connectivity index (χ1n) is 5.38. The summed E-state index contributed by atoms with van der Waals surface area (Å²) in [6.45, 7) is 0. The van der Waals surface area contributed by atoms with Gasteiger partial charge in [0.1, 0.15) is 5.76 Å². The highest BCUT2D eigenvalue weighted by Gasteiger charge is 2.15. The van der Waals surface area contributed by atoms with E-state index in [0.29, 0.717) is 22.5 Å². The predicted molar refractivity (Wildman–Crippen MR) is 69.3 cm³/mol. The Morgan fingerprint density at radius 3 is 2.39 bits per heavy atom. The van der Waals surface area contributed by atoms with Crippen LogP contribution in [-0.4, -0.2) is 14.2 Å². The first-order chi connectivity index (χ1) is 8.65. The molecule has 18 heavy (non-hydrogen) atoms. The molecule has 0 bridgehead atoms. The maximum absolute atomic E-state index is 6.10. The SMILES string of the molecule is COc1ccc(C(N)c2ccc(Cl)o2)cc1OC. The lowest BCUT2D eigenvalue weighted by atomic mass is 10.0. The standard InChI is InChI=1S/C13H14ClNO3/c1-16-9-4-3-8(7-11(9)17-2)13(15)10-5-6-12(14)18-10/h3-7,13H,15H2,1-2H3.